The molecule has 2 aromatic rings. The lowest BCUT2D eigenvalue weighted by Gasteiger charge is -2.31. The van der Waals surface area contributed by atoms with Gasteiger partial charge in [-0.3, -0.25) is 9.59 Å². The highest BCUT2D eigenvalue weighted by atomic mass is 32.2. The summed E-state index contributed by atoms with van der Waals surface area (Å²) in [6.07, 6.45) is 1.53. The van der Waals surface area contributed by atoms with E-state index in [1.54, 1.807) is 24.0 Å². The van der Waals surface area contributed by atoms with E-state index in [9.17, 15) is 18.0 Å². The summed E-state index contributed by atoms with van der Waals surface area (Å²) in [7, 11) is 1.22. The number of hydrogen-bond donors (Lipinski definition) is 0. The summed E-state index contributed by atoms with van der Waals surface area (Å²) >= 11 is 0. The summed E-state index contributed by atoms with van der Waals surface area (Å²) in [5.74, 6) is 0.645. The molecule has 0 N–H and O–H groups in total. The molecule has 1 aromatic heterocycles. The maximum absolute atomic E-state index is 12.5. The molecule has 0 bridgehead atoms. The zero-order valence-corrected chi connectivity index (χ0v) is 20.2. The Balaban J connectivity index is 1.62. The molecule has 1 saturated heterocycles. The van der Waals surface area contributed by atoms with Gasteiger partial charge < -0.3 is 14.2 Å². The van der Waals surface area contributed by atoms with Crippen molar-refractivity contribution in [2.24, 2.45) is 13.0 Å². The first-order valence-corrected chi connectivity index (χ1v) is 12.3. The smallest absolute Gasteiger partial charge is 0.307 e. The third-order valence-corrected chi connectivity index (χ3v) is 7.84. The van der Waals surface area contributed by atoms with E-state index in [1.165, 1.54) is 20.2 Å². The molecule has 2 heterocycles. The Hall–Kier alpha value is -2.46. The quantitative estimate of drug-likeness (QED) is 0.581. The highest BCUT2D eigenvalue weighted by Gasteiger charge is 2.27. The van der Waals surface area contributed by atoms with Crippen molar-refractivity contribution in [3.05, 3.63) is 24.0 Å². The third-order valence-electron chi connectivity index (χ3n) is 6.03. The van der Waals surface area contributed by atoms with E-state index in [4.69, 9.17) is 4.74 Å². The monoisotopic (exact) mass is 464 g/mol. The van der Waals surface area contributed by atoms with Crippen LogP contribution >= 0.6 is 0 Å². The number of imidazole rings is 1. The van der Waals surface area contributed by atoms with Crippen molar-refractivity contribution in [3.8, 4) is 0 Å². The van der Waals surface area contributed by atoms with E-state index in [2.05, 4.69) is 11.9 Å². The Kier molecular flexibility index (Phi) is 7.24. The number of benzene rings is 1. The maximum Gasteiger partial charge on any atom is 0.307 e. The minimum absolute atomic E-state index is 0.0780. The van der Waals surface area contributed by atoms with Crippen molar-refractivity contribution in [3.63, 3.8) is 0 Å². The number of aromatic nitrogens is 2. The van der Waals surface area contributed by atoms with Gasteiger partial charge in [-0.1, -0.05) is 6.92 Å². The molecule has 1 aromatic carbocycles. The lowest BCUT2D eigenvalue weighted by molar-refractivity contribution is -0.159. The van der Waals surface area contributed by atoms with Crippen molar-refractivity contribution in [1.82, 2.24) is 18.8 Å². The number of carbonyl (C=O) groups excluding carboxylic acids is 2. The summed E-state index contributed by atoms with van der Waals surface area (Å²) in [4.78, 5) is 31.3. The molecule has 1 amide bonds. The van der Waals surface area contributed by atoms with Gasteiger partial charge in [-0.15, -0.1) is 0 Å². The fourth-order valence-electron chi connectivity index (χ4n) is 3.83. The fraction of sp³-hybridized carbons (Fsp3) is 0.591. The standard InChI is InChI=1S/C22H32N4O5S/c1-15-10-12-26(13-11-15)22(28)16(2)31-21(27)9-8-20-23-18-14-17(32(29,30)24(3)4)6-7-19(18)25(20)5/h6-7,14-16H,8-13H2,1-5H3/t16-/m0/s1. The van der Waals surface area contributed by atoms with Gasteiger partial charge >= 0.3 is 5.97 Å². The Morgan fingerprint density at radius 3 is 2.53 bits per heavy atom. The van der Waals surface area contributed by atoms with Crippen LogP contribution in [0.5, 0.6) is 0 Å². The molecule has 0 saturated carbocycles. The van der Waals surface area contributed by atoms with Crippen LogP contribution in [0.3, 0.4) is 0 Å². The minimum atomic E-state index is -3.56. The van der Waals surface area contributed by atoms with E-state index < -0.39 is 22.1 Å². The summed E-state index contributed by atoms with van der Waals surface area (Å²) in [5, 5.41) is 0. The molecule has 9 nitrogen and oxygen atoms in total. The van der Waals surface area contributed by atoms with Crippen LogP contribution in [0.25, 0.3) is 11.0 Å². The molecule has 1 aliphatic heterocycles. The zero-order valence-electron chi connectivity index (χ0n) is 19.4. The summed E-state index contributed by atoms with van der Waals surface area (Å²) in [5.41, 5.74) is 1.32. The van der Waals surface area contributed by atoms with Crippen LogP contribution in [0.4, 0.5) is 0 Å². The van der Waals surface area contributed by atoms with Gasteiger partial charge in [0.1, 0.15) is 5.82 Å². The first-order chi connectivity index (χ1) is 15.0. The van der Waals surface area contributed by atoms with Crippen LogP contribution in [0.15, 0.2) is 23.1 Å². The van der Waals surface area contributed by atoms with Gasteiger partial charge in [0, 0.05) is 40.7 Å². The second kappa shape index (κ2) is 9.58. The van der Waals surface area contributed by atoms with Crippen LogP contribution in [-0.2, 0) is 37.8 Å². The number of fused-ring (bicyclic) bond motifs is 1. The first kappa shape index (κ1) is 24.2. The number of ether oxygens (including phenoxy) is 1. The highest BCUT2D eigenvalue weighted by molar-refractivity contribution is 7.89. The number of amides is 1. The number of likely N-dealkylation sites (tertiary alicyclic amines) is 1. The molecular formula is C22H32N4O5S. The molecule has 0 unspecified atom stereocenters. The van der Waals surface area contributed by atoms with Crippen LogP contribution in [0.1, 0.15) is 38.9 Å². The number of aryl methyl sites for hydroxylation is 2. The van der Waals surface area contributed by atoms with Crippen molar-refractivity contribution in [2.75, 3.05) is 27.2 Å². The largest absolute Gasteiger partial charge is 0.453 e. The molecule has 0 spiro atoms. The number of carbonyl (C=O) groups is 2. The Morgan fingerprint density at radius 1 is 1.25 bits per heavy atom. The van der Waals surface area contributed by atoms with Crippen molar-refractivity contribution < 1.29 is 22.7 Å². The second-order valence-electron chi connectivity index (χ2n) is 8.66. The van der Waals surface area contributed by atoms with Crippen molar-refractivity contribution >= 4 is 32.9 Å². The van der Waals surface area contributed by atoms with E-state index in [-0.39, 0.29) is 17.2 Å². The molecule has 1 aliphatic rings. The van der Waals surface area contributed by atoms with Crippen LogP contribution in [-0.4, -0.2) is 72.3 Å². The van der Waals surface area contributed by atoms with E-state index >= 15 is 0 Å². The molecular weight excluding hydrogens is 432 g/mol. The number of rotatable bonds is 7. The lowest BCUT2D eigenvalue weighted by Crippen LogP contribution is -2.44. The summed E-state index contributed by atoms with van der Waals surface area (Å²) in [6.45, 7) is 5.19. The molecule has 1 fully saturated rings. The van der Waals surface area contributed by atoms with Gasteiger partial charge in [-0.25, -0.2) is 17.7 Å². The average molecular weight is 465 g/mol. The molecule has 3 rings (SSSR count). The molecule has 32 heavy (non-hydrogen) atoms. The topological polar surface area (TPSA) is 102 Å². The number of sulfonamides is 1. The van der Waals surface area contributed by atoms with Gasteiger partial charge in [0.2, 0.25) is 10.0 Å². The van der Waals surface area contributed by atoms with E-state index in [1.807, 2.05) is 11.6 Å². The highest BCUT2D eigenvalue weighted by Crippen LogP contribution is 2.22. The van der Waals surface area contributed by atoms with Gasteiger partial charge in [0.05, 0.1) is 22.3 Å². The van der Waals surface area contributed by atoms with Crippen LogP contribution in [0, 0.1) is 5.92 Å². The zero-order chi connectivity index (χ0) is 23.6. The fourth-order valence-corrected chi connectivity index (χ4v) is 4.75. The van der Waals surface area contributed by atoms with Crippen molar-refractivity contribution in [1.29, 1.82) is 0 Å². The van der Waals surface area contributed by atoms with Gasteiger partial charge in [0.15, 0.2) is 6.10 Å². The predicted molar refractivity (Wildman–Crippen MR) is 120 cm³/mol. The number of piperidine rings is 1. The maximum atomic E-state index is 12.5. The molecule has 176 valence electrons. The molecule has 0 aliphatic carbocycles. The van der Waals surface area contributed by atoms with Crippen molar-refractivity contribution in [2.45, 2.75) is 50.5 Å². The number of hydrogen-bond acceptors (Lipinski definition) is 6. The van der Waals surface area contributed by atoms with Gasteiger partial charge in [0.25, 0.3) is 5.91 Å². The number of nitrogens with zero attached hydrogens (tertiary/aromatic N) is 4. The average Bonchev–Trinajstić information content (AvgIpc) is 3.07. The lowest BCUT2D eigenvalue weighted by atomic mass is 9.99. The molecule has 1 atom stereocenters. The van der Waals surface area contributed by atoms with E-state index in [0.29, 0.717) is 36.8 Å². The Bertz CT molecular complexity index is 1100. The van der Waals surface area contributed by atoms with Crippen LogP contribution in [0.2, 0.25) is 0 Å². The minimum Gasteiger partial charge on any atom is -0.453 e. The SMILES string of the molecule is CC1CCN(C(=O)[C@H](C)OC(=O)CCc2nc3cc(S(=O)(=O)N(C)C)ccc3n2C)CC1. The second-order valence-corrected chi connectivity index (χ2v) is 10.8. The van der Waals surface area contributed by atoms with Crippen LogP contribution < -0.4 is 0 Å². The first-order valence-electron chi connectivity index (χ1n) is 10.9. The Morgan fingerprint density at radius 2 is 1.91 bits per heavy atom. The predicted octanol–water partition coefficient (Wildman–Crippen LogP) is 1.95. The van der Waals surface area contributed by atoms with Gasteiger partial charge in [-0.05, 0) is 43.9 Å². The van der Waals surface area contributed by atoms with Gasteiger partial charge in [-0.2, -0.15) is 0 Å². The molecule has 10 heteroatoms. The Labute approximate surface area is 189 Å². The summed E-state index contributed by atoms with van der Waals surface area (Å²) in [6, 6.07) is 4.79. The normalized spacial score (nSPS) is 16.5. The third kappa shape index (κ3) is 5.12. The van der Waals surface area contributed by atoms with E-state index in [0.717, 1.165) is 22.7 Å². The molecule has 0 radical (unpaired) electrons. The number of esters is 1. The summed E-state index contributed by atoms with van der Waals surface area (Å²) < 4.78 is 33.1.